The Labute approximate surface area is 113 Å². The molecule has 0 spiro atoms. The van der Waals surface area contributed by atoms with Gasteiger partial charge in [-0.2, -0.15) is 0 Å². The number of rotatable bonds is 5. The van der Waals surface area contributed by atoms with Crippen LogP contribution in [0.2, 0.25) is 0 Å². The number of amides is 1. The van der Waals surface area contributed by atoms with Gasteiger partial charge in [0.05, 0.1) is 0 Å². The van der Waals surface area contributed by atoms with E-state index in [-0.39, 0.29) is 11.3 Å². The Morgan fingerprint density at radius 1 is 1.26 bits per heavy atom. The Bertz CT molecular complexity index is 349. The fourth-order valence-corrected chi connectivity index (χ4v) is 3.18. The van der Waals surface area contributed by atoms with E-state index in [0.717, 1.165) is 6.42 Å². The molecule has 2 fully saturated rings. The molecule has 2 rings (SSSR count). The SMILES string of the molecule is CCC1(CNC(=O)[C@@H]2CC[C@H](C(=O)O)O2)CCCC1. The molecular weight excluding hydrogens is 246 g/mol. The van der Waals surface area contributed by atoms with Crippen molar-refractivity contribution < 1.29 is 19.4 Å². The van der Waals surface area contributed by atoms with Crippen LogP contribution in [0.25, 0.3) is 0 Å². The molecule has 0 aromatic rings. The van der Waals surface area contributed by atoms with Gasteiger partial charge in [-0.3, -0.25) is 4.79 Å². The van der Waals surface area contributed by atoms with Crippen molar-refractivity contribution in [2.75, 3.05) is 6.54 Å². The first kappa shape index (κ1) is 14.3. The number of ether oxygens (including phenoxy) is 1. The fourth-order valence-electron chi connectivity index (χ4n) is 3.18. The Morgan fingerprint density at radius 3 is 2.42 bits per heavy atom. The molecule has 2 N–H and O–H groups in total. The van der Waals surface area contributed by atoms with E-state index in [1.807, 2.05) is 0 Å². The highest BCUT2D eigenvalue weighted by atomic mass is 16.5. The van der Waals surface area contributed by atoms with E-state index in [1.165, 1.54) is 25.7 Å². The van der Waals surface area contributed by atoms with Crippen molar-refractivity contribution in [2.45, 2.75) is 64.1 Å². The zero-order valence-electron chi connectivity index (χ0n) is 11.5. The van der Waals surface area contributed by atoms with Crippen molar-refractivity contribution in [3.63, 3.8) is 0 Å². The third-order valence-corrected chi connectivity index (χ3v) is 4.64. The van der Waals surface area contributed by atoms with Crippen molar-refractivity contribution in [3.8, 4) is 0 Å². The number of carbonyl (C=O) groups is 2. The third-order valence-electron chi connectivity index (χ3n) is 4.64. The molecule has 1 heterocycles. The highest BCUT2D eigenvalue weighted by Gasteiger charge is 2.37. The second kappa shape index (κ2) is 5.90. The normalized spacial score (nSPS) is 29.3. The van der Waals surface area contributed by atoms with Gasteiger partial charge < -0.3 is 15.2 Å². The molecule has 1 aliphatic heterocycles. The molecule has 1 amide bonds. The minimum absolute atomic E-state index is 0.150. The quantitative estimate of drug-likeness (QED) is 0.796. The number of carbonyl (C=O) groups excluding carboxylic acids is 1. The second-order valence-electron chi connectivity index (χ2n) is 5.81. The van der Waals surface area contributed by atoms with Gasteiger partial charge in [-0.15, -0.1) is 0 Å². The zero-order valence-corrected chi connectivity index (χ0v) is 11.5. The summed E-state index contributed by atoms with van der Waals surface area (Å²) in [5.41, 5.74) is 0.250. The van der Waals surface area contributed by atoms with Gasteiger partial charge in [0.2, 0.25) is 5.91 Å². The summed E-state index contributed by atoms with van der Waals surface area (Å²) in [4.78, 5) is 22.8. The van der Waals surface area contributed by atoms with Crippen LogP contribution in [0.1, 0.15) is 51.9 Å². The van der Waals surface area contributed by atoms with Gasteiger partial charge in [0, 0.05) is 6.54 Å². The second-order valence-corrected chi connectivity index (χ2v) is 5.81. The molecule has 0 unspecified atom stereocenters. The van der Waals surface area contributed by atoms with E-state index in [9.17, 15) is 9.59 Å². The van der Waals surface area contributed by atoms with Crippen LogP contribution >= 0.6 is 0 Å². The van der Waals surface area contributed by atoms with Crippen LogP contribution in [0.3, 0.4) is 0 Å². The van der Waals surface area contributed by atoms with Gasteiger partial charge in [0.25, 0.3) is 0 Å². The van der Waals surface area contributed by atoms with Crippen LogP contribution in [-0.4, -0.2) is 35.7 Å². The Hall–Kier alpha value is -1.10. The topological polar surface area (TPSA) is 75.6 Å². The summed E-state index contributed by atoms with van der Waals surface area (Å²) in [6.07, 6.45) is 5.43. The lowest BCUT2D eigenvalue weighted by molar-refractivity contribution is -0.151. The van der Waals surface area contributed by atoms with Crippen LogP contribution in [0.5, 0.6) is 0 Å². The van der Waals surface area contributed by atoms with Crippen LogP contribution in [-0.2, 0) is 14.3 Å². The zero-order chi connectivity index (χ0) is 13.9. The number of nitrogens with one attached hydrogen (secondary N) is 1. The third kappa shape index (κ3) is 3.26. The van der Waals surface area contributed by atoms with E-state index in [1.54, 1.807) is 0 Å². The van der Waals surface area contributed by atoms with Gasteiger partial charge in [0.15, 0.2) is 6.10 Å². The van der Waals surface area contributed by atoms with Gasteiger partial charge in [-0.1, -0.05) is 19.8 Å². The fraction of sp³-hybridized carbons (Fsp3) is 0.857. The molecule has 5 heteroatoms. The number of carboxylic acids is 1. The lowest BCUT2D eigenvalue weighted by Crippen LogP contribution is -2.41. The maximum atomic E-state index is 12.0. The molecule has 1 aliphatic carbocycles. The summed E-state index contributed by atoms with van der Waals surface area (Å²) >= 11 is 0. The lowest BCUT2D eigenvalue weighted by Gasteiger charge is -2.28. The van der Waals surface area contributed by atoms with Crippen molar-refractivity contribution in [2.24, 2.45) is 5.41 Å². The van der Waals surface area contributed by atoms with Gasteiger partial charge in [0.1, 0.15) is 6.10 Å². The number of hydrogen-bond donors (Lipinski definition) is 2. The van der Waals surface area contributed by atoms with Crippen LogP contribution in [0.15, 0.2) is 0 Å². The minimum atomic E-state index is -0.976. The predicted molar refractivity (Wildman–Crippen MR) is 69.7 cm³/mol. The first-order chi connectivity index (χ1) is 9.06. The van der Waals surface area contributed by atoms with E-state index in [0.29, 0.717) is 19.4 Å². The van der Waals surface area contributed by atoms with Crippen molar-refractivity contribution in [1.29, 1.82) is 0 Å². The highest BCUT2D eigenvalue weighted by Crippen LogP contribution is 2.40. The smallest absolute Gasteiger partial charge is 0.332 e. The first-order valence-electron chi connectivity index (χ1n) is 7.22. The average molecular weight is 269 g/mol. The molecular formula is C14H23NO4. The summed E-state index contributed by atoms with van der Waals surface area (Å²) in [5.74, 6) is -1.13. The number of aliphatic carboxylic acids is 1. The van der Waals surface area contributed by atoms with Gasteiger partial charge in [-0.05, 0) is 37.5 Å². The van der Waals surface area contributed by atoms with E-state index < -0.39 is 18.2 Å². The number of carboxylic acid groups (broad SMARTS) is 1. The van der Waals surface area contributed by atoms with Crippen molar-refractivity contribution >= 4 is 11.9 Å². The molecule has 5 nitrogen and oxygen atoms in total. The highest BCUT2D eigenvalue weighted by molar-refractivity contribution is 5.82. The minimum Gasteiger partial charge on any atom is -0.479 e. The largest absolute Gasteiger partial charge is 0.479 e. The summed E-state index contributed by atoms with van der Waals surface area (Å²) in [6, 6.07) is 0. The first-order valence-corrected chi connectivity index (χ1v) is 7.22. The maximum Gasteiger partial charge on any atom is 0.332 e. The van der Waals surface area contributed by atoms with E-state index in [4.69, 9.17) is 9.84 Å². The Balaban J connectivity index is 1.80. The summed E-state index contributed by atoms with van der Waals surface area (Å²) < 4.78 is 5.25. The molecule has 0 aromatic carbocycles. The van der Waals surface area contributed by atoms with Gasteiger partial charge in [-0.25, -0.2) is 4.79 Å². The number of hydrogen-bond acceptors (Lipinski definition) is 3. The van der Waals surface area contributed by atoms with Crippen molar-refractivity contribution in [3.05, 3.63) is 0 Å². The van der Waals surface area contributed by atoms with Crippen LogP contribution in [0, 0.1) is 5.41 Å². The van der Waals surface area contributed by atoms with E-state index >= 15 is 0 Å². The standard InChI is InChI=1S/C14H23NO4/c1-2-14(7-3-4-8-14)9-15-12(16)10-5-6-11(19-10)13(17)18/h10-11H,2-9H2,1H3,(H,15,16)(H,17,18)/t10-,11+/m0/s1. The monoisotopic (exact) mass is 269 g/mol. The maximum absolute atomic E-state index is 12.0. The molecule has 1 saturated heterocycles. The van der Waals surface area contributed by atoms with Crippen LogP contribution in [0.4, 0.5) is 0 Å². The molecule has 2 atom stereocenters. The molecule has 2 aliphatic rings. The van der Waals surface area contributed by atoms with Crippen molar-refractivity contribution in [1.82, 2.24) is 5.32 Å². The molecule has 1 saturated carbocycles. The predicted octanol–water partition coefficient (Wildman–Crippen LogP) is 1.71. The lowest BCUT2D eigenvalue weighted by atomic mass is 9.83. The molecule has 0 radical (unpaired) electrons. The Morgan fingerprint density at radius 2 is 1.89 bits per heavy atom. The summed E-state index contributed by atoms with van der Waals surface area (Å²) in [7, 11) is 0. The van der Waals surface area contributed by atoms with E-state index in [2.05, 4.69) is 12.2 Å². The van der Waals surface area contributed by atoms with Gasteiger partial charge >= 0.3 is 5.97 Å². The summed E-state index contributed by atoms with van der Waals surface area (Å²) in [5, 5.41) is 11.8. The molecule has 108 valence electrons. The Kier molecular flexibility index (Phi) is 4.45. The molecule has 19 heavy (non-hydrogen) atoms. The molecule has 0 bridgehead atoms. The molecule has 0 aromatic heterocycles. The summed E-state index contributed by atoms with van der Waals surface area (Å²) in [6.45, 7) is 2.87. The average Bonchev–Trinajstić information content (AvgIpc) is 3.06. The van der Waals surface area contributed by atoms with Crippen LogP contribution < -0.4 is 5.32 Å².